The number of hydrogen-bond acceptors (Lipinski definition) is 12. The number of aromatic nitrogens is 6. The average molecular weight is 775 g/mol. The van der Waals surface area contributed by atoms with E-state index in [9.17, 15) is 14.0 Å². The molecule has 18 heteroatoms. The number of hydrogen-bond donors (Lipinski definition) is 5. The monoisotopic (exact) mass is 774 g/mol. The molecule has 0 fully saturated rings. The molecule has 252 valence electrons. The van der Waals surface area contributed by atoms with Gasteiger partial charge in [-0.05, 0) is 64.4 Å². The summed E-state index contributed by atoms with van der Waals surface area (Å²) in [5.41, 5.74) is 1.58. The Morgan fingerprint density at radius 3 is 2.00 bits per heavy atom. The Kier molecular flexibility index (Phi) is 12.4. The van der Waals surface area contributed by atoms with Gasteiger partial charge in [-0.25, -0.2) is 14.6 Å². The lowest BCUT2D eigenvalue weighted by Gasteiger charge is -2.12. The largest absolute Gasteiger partial charge is 0.490 e. The van der Waals surface area contributed by atoms with Crippen molar-refractivity contribution in [3.63, 3.8) is 0 Å². The van der Waals surface area contributed by atoms with Crippen molar-refractivity contribution in [1.82, 2.24) is 46.3 Å². The zero-order chi connectivity index (χ0) is 33.6. The van der Waals surface area contributed by atoms with Crippen LogP contribution in [-0.2, 0) is 17.9 Å². The number of aliphatic imine (C=N–C) groups is 1. The average Bonchev–Trinajstić information content (AvgIpc) is 3.89. The number of rotatable bonds is 16. The standard InChI is InChI=1S/C30H32FIN10O6/c1-33-26(27(43)35-17-21-5-3-7-23(15-21)46-11-13-48-30-37-19-39-42-30)40-28(44)32-9-8-24(31)25(32)34-16-20-4-2-6-22(14-20)45-10-12-47-29-36-18-38-41-29/h2-9,14-15,18-19,34H,10-13,16-17H2,1H3,(H,35,43)(H,33,40,44)(H,36,38,41)(H,37,39,42). The first-order chi connectivity index (χ1) is 23.5. The molecule has 48 heavy (non-hydrogen) atoms. The normalized spacial score (nSPS) is 13.0. The van der Waals surface area contributed by atoms with E-state index in [0.717, 1.165) is 11.1 Å². The maximum atomic E-state index is 14.8. The third kappa shape index (κ3) is 10.1. The lowest BCUT2D eigenvalue weighted by atomic mass is 10.2. The summed E-state index contributed by atoms with van der Waals surface area (Å²) in [4.78, 5) is 37.8. The van der Waals surface area contributed by atoms with Crippen LogP contribution >= 0.6 is 18.9 Å². The predicted molar refractivity (Wildman–Crippen MR) is 182 cm³/mol. The second kappa shape index (κ2) is 17.5. The third-order valence-electron chi connectivity index (χ3n) is 6.25. The number of amides is 2. The minimum Gasteiger partial charge on any atom is -0.490 e. The molecule has 0 bridgehead atoms. The number of nitrogens with one attached hydrogen (secondary N) is 5. The van der Waals surface area contributed by atoms with E-state index in [-0.39, 0.29) is 49.0 Å². The van der Waals surface area contributed by atoms with Gasteiger partial charge in [-0.15, -0.1) is 0 Å². The number of nitrogens with zero attached hydrogens (tertiary/aromatic N) is 5. The van der Waals surface area contributed by atoms with Gasteiger partial charge >= 0.3 is 12.0 Å². The lowest BCUT2D eigenvalue weighted by molar-refractivity contribution is -0.115. The van der Waals surface area contributed by atoms with Crippen LogP contribution < -0.4 is 34.9 Å². The molecule has 2 amide bonds. The molecule has 2 aromatic heterocycles. The number of ether oxygens (including phenoxy) is 4. The van der Waals surface area contributed by atoms with Crippen LogP contribution in [0.1, 0.15) is 11.1 Å². The number of amidine groups is 1. The van der Waals surface area contributed by atoms with Crippen molar-refractivity contribution >= 4 is 42.2 Å². The Balaban J connectivity index is 1.09. The van der Waals surface area contributed by atoms with Crippen LogP contribution in [0.5, 0.6) is 23.5 Å². The first kappa shape index (κ1) is 34.0. The van der Waals surface area contributed by atoms with Crippen LogP contribution in [0.4, 0.5) is 9.18 Å². The molecule has 2 aromatic carbocycles. The van der Waals surface area contributed by atoms with Crippen molar-refractivity contribution in [3.05, 3.63) is 84.2 Å². The van der Waals surface area contributed by atoms with Gasteiger partial charge in [0.05, 0.1) is 3.63 Å². The molecule has 0 unspecified atom stereocenters. The van der Waals surface area contributed by atoms with Gasteiger partial charge in [0, 0.05) is 20.1 Å². The van der Waals surface area contributed by atoms with Crippen molar-refractivity contribution in [3.8, 4) is 23.5 Å². The Labute approximate surface area is 279 Å². The zero-order valence-corrected chi connectivity index (χ0v) is 27.8. The van der Waals surface area contributed by atoms with Crippen LogP contribution in [0.3, 0.4) is 0 Å². The van der Waals surface area contributed by atoms with Gasteiger partial charge in [0.15, 0.2) is 5.84 Å². The van der Waals surface area contributed by atoms with E-state index in [0.29, 0.717) is 23.5 Å². The van der Waals surface area contributed by atoms with E-state index in [1.165, 1.54) is 25.8 Å². The van der Waals surface area contributed by atoms with Crippen molar-refractivity contribution < 1.29 is 32.9 Å². The van der Waals surface area contributed by atoms with Gasteiger partial charge in [0.2, 0.25) is 0 Å². The summed E-state index contributed by atoms with van der Waals surface area (Å²) in [6.07, 6.45) is 3.96. The van der Waals surface area contributed by atoms with Gasteiger partial charge in [-0.1, -0.05) is 24.3 Å². The second-order valence-electron chi connectivity index (χ2n) is 9.54. The summed E-state index contributed by atoms with van der Waals surface area (Å²) in [6.45, 7) is 1.47. The molecule has 5 rings (SSSR count). The van der Waals surface area contributed by atoms with E-state index in [1.54, 1.807) is 28.3 Å². The number of carbonyl (C=O) groups is 2. The van der Waals surface area contributed by atoms with Crippen molar-refractivity contribution in [2.75, 3.05) is 33.5 Å². The fourth-order valence-electron chi connectivity index (χ4n) is 4.07. The summed E-state index contributed by atoms with van der Waals surface area (Å²) in [5, 5.41) is 21.0. The molecular weight excluding hydrogens is 742 g/mol. The number of H-pyrrole nitrogens is 2. The summed E-state index contributed by atoms with van der Waals surface area (Å²) in [5.74, 6) is -0.0870. The van der Waals surface area contributed by atoms with E-state index in [2.05, 4.69) is 51.3 Å². The molecule has 1 aliphatic heterocycles. The minimum atomic E-state index is -2.89. The van der Waals surface area contributed by atoms with E-state index >= 15 is 0 Å². The fourth-order valence-corrected chi connectivity index (χ4v) is 7.80. The third-order valence-corrected chi connectivity index (χ3v) is 10.7. The Morgan fingerprint density at radius 1 is 0.854 bits per heavy atom. The number of halogens is 2. The van der Waals surface area contributed by atoms with Crippen LogP contribution in [0.15, 0.2) is 78.1 Å². The number of carbonyl (C=O) groups excluding carboxylic acids is 2. The Hall–Kier alpha value is -5.37. The molecule has 0 radical (unpaired) electrons. The second-order valence-corrected chi connectivity index (χ2v) is 14.1. The van der Waals surface area contributed by atoms with E-state index in [1.807, 2.05) is 24.3 Å². The lowest BCUT2D eigenvalue weighted by Crippen LogP contribution is -2.41. The molecule has 0 atom stereocenters. The molecule has 0 aliphatic carbocycles. The quantitative estimate of drug-likeness (QED) is 0.0279. The topological polar surface area (TPSA) is 203 Å². The van der Waals surface area contributed by atoms with E-state index in [4.69, 9.17) is 18.9 Å². The predicted octanol–water partition coefficient (Wildman–Crippen LogP) is 2.29. The molecule has 0 saturated heterocycles. The maximum Gasteiger partial charge on any atom is 0.312 e. The SMILES string of the molecule is CN=C(NC(=O)I1=CC=C(F)C=1NCc1cccc(OCCOc2ncn[nH]2)c1)C(=O)NCc1cccc(OCCOc2ncn[nH]2)c1. The highest BCUT2D eigenvalue weighted by Gasteiger charge is 2.20. The van der Waals surface area contributed by atoms with Crippen LogP contribution in [0, 0.1) is 0 Å². The molecular formula is C30H32FIN10O6. The van der Waals surface area contributed by atoms with Crippen LogP contribution in [-0.4, -0.2) is 87.1 Å². The molecule has 4 aromatic rings. The van der Waals surface area contributed by atoms with Crippen molar-refractivity contribution in [2.45, 2.75) is 13.1 Å². The maximum absolute atomic E-state index is 14.8. The van der Waals surface area contributed by atoms with Crippen LogP contribution in [0.25, 0.3) is 0 Å². The molecule has 3 heterocycles. The highest BCUT2D eigenvalue weighted by Crippen LogP contribution is 2.24. The highest BCUT2D eigenvalue weighted by molar-refractivity contribution is 14.2. The first-order valence-electron chi connectivity index (χ1n) is 14.4. The fraction of sp³-hybridized carbons (Fsp3) is 0.233. The number of benzene rings is 2. The van der Waals surface area contributed by atoms with Gasteiger partial charge in [-0.3, -0.25) is 25.2 Å². The molecule has 0 saturated carbocycles. The van der Waals surface area contributed by atoms with Gasteiger partial charge in [0.1, 0.15) is 56.4 Å². The van der Waals surface area contributed by atoms with Gasteiger partial charge in [-0.2, -0.15) is 20.2 Å². The summed E-state index contributed by atoms with van der Waals surface area (Å²) in [6, 6.07) is 15.0. The molecule has 0 spiro atoms. The van der Waals surface area contributed by atoms with Gasteiger partial charge < -0.3 is 24.3 Å². The summed E-state index contributed by atoms with van der Waals surface area (Å²) >= 11 is -2.89. The highest BCUT2D eigenvalue weighted by atomic mass is 127. The molecule has 1 aliphatic rings. The first-order valence-corrected chi connectivity index (χ1v) is 17.8. The minimum absolute atomic E-state index is 0.153. The van der Waals surface area contributed by atoms with Crippen molar-refractivity contribution in [2.24, 2.45) is 4.99 Å². The van der Waals surface area contributed by atoms with Crippen LogP contribution in [0.2, 0.25) is 0 Å². The summed E-state index contributed by atoms with van der Waals surface area (Å²) < 4.78 is 38.3. The summed E-state index contributed by atoms with van der Waals surface area (Å²) in [7, 11) is 1.39. The number of allylic oxidation sites excluding steroid dienone is 1. The number of aromatic amines is 2. The Morgan fingerprint density at radius 2 is 1.44 bits per heavy atom. The molecule has 5 N–H and O–H groups in total. The van der Waals surface area contributed by atoms with Crippen molar-refractivity contribution in [1.29, 1.82) is 0 Å². The Bertz CT molecular complexity index is 1840. The smallest absolute Gasteiger partial charge is 0.312 e. The van der Waals surface area contributed by atoms with E-state index < -0.39 is 34.5 Å². The molecule has 16 nitrogen and oxygen atoms in total. The zero-order valence-electron chi connectivity index (χ0n) is 25.6. The van der Waals surface area contributed by atoms with Gasteiger partial charge in [0.25, 0.3) is 9.82 Å².